The number of benzene rings is 1. The Bertz CT molecular complexity index is 471. The fourth-order valence-electron chi connectivity index (χ4n) is 1.35. The molecule has 0 bridgehead atoms. The Kier molecular flexibility index (Phi) is 4.65. The fraction of sp³-hybridized carbons (Fsp3) is 0.364. The Morgan fingerprint density at radius 2 is 1.94 bits per heavy atom. The van der Waals surface area contributed by atoms with Crippen LogP contribution < -0.4 is 10.5 Å². The summed E-state index contributed by atoms with van der Waals surface area (Å²) in [6, 6.07) is 8.22. The van der Waals surface area contributed by atoms with Crippen LogP contribution in [0.25, 0.3) is 0 Å². The number of amides is 1. The first-order chi connectivity index (χ1) is 7.94. The molecule has 0 unspecified atom stereocenters. The minimum atomic E-state index is -3.43. The Morgan fingerprint density at radius 1 is 1.35 bits per heavy atom. The van der Waals surface area contributed by atoms with E-state index in [1.54, 1.807) is 0 Å². The maximum Gasteiger partial charge on any atom is 0.235 e. The largest absolute Gasteiger partial charge is 0.368 e. The van der Waals surface area contributed by atoms with Gasteiger partial charge in [-0.3, -0.25) is 4.79 Å². The van der Waals surface area contributed by atoms with Gasteiger partial charge in [-0.15, -0.1) is 0 Å². The van der Waals surface area contributed by atoms with E-state index in [1.165, 1.54) is 6.92 Å². The monoisotopic (exact) mass is 256 g/mol. The van der Waals surface area contributed by atoms with E-state index in [2.05, 4.69) is 4.72 Å². The molecule has 0 aliphatic carbocycles. The highest BCUT2D eigenvalue weighted by atomic mass is 32.2. The van der Waals surface area contributed by atoms with Crippen molar-refractivity contribution in [3.63, 3.8) is 0 Å². The van der Waals surface area contributed by atoms with Gasteiger partial charge in [0.2, 0.25) is 15.9 Å². The summed E-state index contributed by atoms with van der Waals surface area (Å²) in [5.74, 6) is -0.753. The zero-order valence-corrected chi connectivity index (χ0v) is 10.4. The highest BCUT2D eigenvalue weighted by Crippen LogP contribution is 2.04. The molecule has 6 heteroatoms. The van der Waals surface area contributed by atoms with Gasteiger partial charge in [0.1, 0.15) is 6.04 Å². The number of carbonyl (C=O) groups is 1. The molecule has 0 saturated heterocycles. The van der Waals surface area contributed by atoms with Gasteiger partial charge in [0.25, 0.3) is 0 Å². The van der Waals surface area contributed by atoms with Crippen molar-refractivity contribution in [3.8, 4) is 0 Å². The van der Waals surface area contributed by atoms with E-state index in [9.17, 15) is 13.2 Å². The van der Waals surface area contributed by atoms with Crippen LogP contribution in [0.4, 0.5) is 0 Å². The molecule has 1 atom stereocenters. The molecule has 0 heterocycles. The molecule has 0 aromatic heterocycles. The van der Waals surface area contributed by atoms with Crippen LogP contribution in [0.5, 0.6) is 0 Å². The lowest BCUT2D eigenvalue weighted by Crippen LogP contribution is -2.46. The minimum absolute atomic E-state index is 0.0778. The summed E-state index contributed by atoms with van der Waals surface area (Å²) < 4.78 is 25.1. The standard InChI is InChI=1S/C11H16N2O3S/c1-2-17(15,16)13-10(11(12)14)8-9-6-4-3-5-7-9/h3-7,10,13H,2,8H2,1H3,(H2,12,14)/t10-/m1/s1. The van der Waals surface area contributed by atoms with Crippen molar-refractivity contribution in [2.24, 2.45) is 5.73 Å². The van der Waals surface area contributed by atoms with Gasteiger partial charge >= 0.3 is 0 Å². The first-order valence-corrected chi connectivity index (χ1v) is 6.93. The zero-order chi connectivity index (χ0) is 12.9. The molecular formula is C11H16N2O3S. The first kappa shape index (κ1) is 13.7. The van der Waals surface area contributed by atoms with Gasteiger partial charge in [-0.25, -0.2) is 13.1 Å². The third kappa shape index (κ3) is 4.54. The minimum Gasteiger partial charge on any atom is -0.368 e. The number of hydrogen-bond donors (Lipinski definition) is 2. The number of carbonyl (C=O) groups excluding carboxylic acids is 1. The van der Waals surface area contributed by atoms with Gasteiger partial charge in [0, 0.05) is 0 Å². The number of nitrogens with two attached hydrogens (primary N) is 1. The number of hydrogen-bond acceptors (Lipinski definition) is 3. The van der Waals surface area contributed by atoms with E-state index < -0.39 is 22.0 Å². The lowest BCUT2D eigenvalue weighted by Gasteiger charge is -2.14. The fourth-order valence-corrected chi connectivity index (χ4v) is 2.15. The molecule has 0 radical (unpaired) electrons. The Morgan fingerprint density at radius 3 is 2.41 bits per heavy atom. The van der Waals surface area contributed by atoms with Crippen LogP contribution in [0.3, 0.4) is 0 Å². The quantitative estimate of drug-likeness (QED) is 0.752. The molecule has 0 aliphatic rings. The molecule has 0 aliphatic heterocycles. The van der Waals surface area contributed by atoms with Crippen LogP contribution >= 0.6 is 0 Å². The van der Waals surface area contributed by atoms with Crippen molar-refractivity contribution < 1.29 is 13.2 Å². The van der Waals surface area contributed by atoms with Crippen LogP contribution in [0.1, 0.15) is 12.5 Å². The predicted molar refractivity (Wildman–Crippen MR) is 65.7 cm³/mol. The summed E-state index contributed by atoms with van der Waals surface area (Å²) in [5, 5.41) is 0. The second-order valence-electron chi connectivity index (χ2n) is 3.67. The average molecular weight is 256 g/mol. The highest BCUT2D eigenvalue weighted by Gasteiger charge is 2.21. The van der Waals surface area contributed by atoms with Gasteiger partial charge in [0.15, 0.2) is 0 Å². The molecule has 3 N–H and O–H groups in total. The smallest absolute Gasteiger partial charge is 0.235 e. The van der Waals surface area contributed by atoms with Crippen molar-refractivity contribution in [1.82, 2.24) is 4.72 Å². The molecule has 1 aromatic carbocycles. The molecule has 0 fully saturated rings. The maximum atomic E-state index is 11.4. The summed E-state index contributed by atoms with van der Waals surface area (Å²) >= 11 is 0. The molecule has 1 rings (SSSR count). The lowest BCUT2D eigenvalue weighted by molar-refractivity contribution is -0.119. The maximum absolute atomic E-state index is 11.4. The third-order valence-corrected chi connectivity index (χ3v) is 3.73. The van der Waals surface area contributed by atoms with Crippen LogP contribution in [0, 0.1) is 0 Å². The summed E-state index contributed by atoms with van der Waals surface area (Å²) in [4.78, 5) is 11.2. The first-order valence-electron chi connectivity index (χ1n) is 5.28. The number of nitrogens with one attached hydrogen (secondary N) is 1. The second kappa shape index (κ2) is 5.79. The Balaban J connectivity index is 2.78. The van der Waals surface area contributed by atoms with Crippen molar-refractivity contribution in [2.45, 2.75) is 19.4 Å². The van der Waals surface area contributed by atoms with Crippen molar-refractivity contribution in [3.05, 3.63) is 35.9 Å². The van der Waals surface area contributed by atoms with E-state index in [1.807, 2.05) is 30.3 Å². The van der Waals surface area contributed by atoms with E-state index in [-0.39, 0.29) is 12.2 Å². The molecule has 1 amide bonds. The summed E-state index contributed by atoms with van der Waals surface area (Å²) in [5.41, 5.74) is 6.04. The zero-order valence-electron chi connectivity index (χ0n) is 9.59. The van der Waals surface area contributed by atoms with E-state index >= 15 is 0 Å². The van der Waals surface area contributed by atoms with Crippen LogP contribution in [0.2, 0.25) is 0 Å². The average Bonchev–Trinajstić information content (AvgIpc) is 2.29. The number of sulfonamides is 1. The normalized spacial score (nSPS) is 13.2. The van der Waals surface area contributed by atoms with Gasteiger partial charge in [-0.2, -0.15) is 0 Å². The van der Waals surface area contributed by atoms with Gasteiger partial charge in [0.05, 0.1) is 5.75 Å². The predicted octanol–water partition coefficient (Wildman–Crippen LogP) is 0.0223. The Labute approximate surface area is 101 Å². The van der Waals surface area contributed by atoms with Crippen LogP contribution in [-0.2, 0) is 21.2 Å². The molecule has 1 aromatic rings. The molecule has 17 heavy (non-hydrogen) atoms. The summed E-state index contributed by atoms with van der Waals surface area (Å²) in [6.07, 6.45) is 0.259. The van der Waals surface area contributed by atoms with Crippen molar-refractivity contribution in [2.75, 3.05) is 5.75 Å². The van der Waals surface area contributed by atoms with Gasteiger partial charge < -0.3 is 5.73 Å². The second-order valence-corrected chi connectivity index (χ2v) is 5.71. The summed E-state index contributed by atoms with van der Waals surface area (Å²) in [6.45, 7) is 1.50. The number of rotatable bonds is 6. The summed E-state index contributed by atoms with van der Waals surface area (Å²) in [7, 11) is -3.43. The van der Waals surface area contributed by atoms with Crippen molar-refractivity contribution in [1.29, 1.82) is 0 Å². The number of primary amides is 1. The van der Waals surface area contributed by atoms with Crippen molar-refractivity contribution >= 4 is 15.9 Å². The lowest BCUT2D eigenvalue weighted by atomic mass is 10.1. The molecule has 0 spiro atoms. The van der Waals surface area contributed by atoms with Gasteiger partial charge in [-0.1, -0.05) is 30.3 Å². The topological polar surface area (TPSA) is 89.3 Å². The molecule has 0 saturated carbocycles. The molecule has 94 valence electrons. The molecule has 5 nitrogen and oxygen atoms in total. The van der Waals surface area contributed by atoms with Gasteiger partial charge in [-0.05, 0) is 18.9 Å². The third-order valence-electron chi connectivity index (χ3n) is 2.33. The Hall–Kier alpha value is -1.40. The van der Waals surface area contributed by atoms with E-state index in [4.69, 9.17) is 5.73 Å². The van der Waals surface area contributed by atoms with E-state index in [0.29, 0.717) is 0 Å². The SMILES string of the molecule is CCS(=O)(=O)N[C@H](Cc1ccccc1)C(N)=O. The van der Waals surface area contributed by atoms with Crippen LogP contribution in [-0.4, -0.2) is 26.1 Å². The van der Waals surface area contributed by atoms with Crippen LogP contribution in [0.15, 0.2) is 30.3 Å². The van der Waals surface area contributed by atoms with E-state index in [0.717, 1.165) is 5.56 Å². The highest BCUT2D eigenvalue weighted by molar-refractivity contribution is 7.89. The molecular weight excluding hydrogens is 240 g/mol.